The number of hydrogen-bond donors (Lipinski definition) is 2. The molecule has 0 saturated heterocycles. The van der Waals surface area contributed by atoms with E-state index in [0.29, 0.717) is 17.5 Å². The Bertz CT molecular complexity index is 861. The molecule has 0 radical (unpaired) electrons. The fourth-order valence-corrected chi connectivity index (χ4v) is 4.59. The summed E-state index contributed by atoms with van der Waals surface area (Å²) in [4.78, 5) is 29.7. The molecule has 0 aliphatic heterocycles. The lowest BCUT2D eigenvalue weighted by Gasteiger charge is -2.45. The van der Waals surface area contributed by atoms with Crippen LogP contribution in [0.25, 0.3) is 5.65 Å². The van der Waals surface area contributed by atoms with Crippen LogP contribution in [-0.4, -0.2) is 27.4 Å². The van der Waals surface area contributed by atoms with Crippen molar-refractivity contribution < 1.29 is 4.79 Å². The van der Waals surface area contributed by atoms with Gasteiger partial charge in [-0.25, -0.2) is 4.98 Å². The fraction of sp³-hybridized carbons (Fsp3) is 0.526. The number of nitrogens with zero attached hydrogens (tertiary/aromatic N) is 2. The lowest BCUT2D eigenvalue weighted by molar-refractivity contribution is 0.0754. The van der Waals surface area contributed by atoms with E-state index in [4.69, 9.17) is 5.73 Å². The van der Waals surface area contributed by atoms with Gasteiger partial charge in [-0.15, -0.1) is 0 Å². The Kier molecular flexibility index (Phi) is 4.07. The number of aromatic nitrogens is 2. The van der Waals surface area contributed by atoms with Crippen molar-refractivity contribution >= 4 is 11.6 Å². The predicted octanol–water partition coefficient (Wildman–Crippen LogP) is 1.64. The molecule has 6 heteroatoms. The molecule has 2 aromatic rings. The van der Waals surface area contributed by atoms with E-state index in [1.165, 1.54) is 17.0 Å². The molecule has 132 valence electrons. The van der Waals surface area contributed by atoms with E-state index in [1.807, 2.05) is 13.0 Å². The van der Waals surface area contributed by atoms with E-state index < -0.39 is 0 Å². The summed E-state index contributed by atoms with van der Waals surface area (Å²) in [5, 5.41) is 3.13. The van der Waals surface area contributed by atoms with Gasteiger partial charge in [0.1, 0.15) is 11.2 Å². The number of amides is 1. The second-order valence-corrected chi connectivity index (χ2v) is 7.59. The SMILES string of the molecule is Cc1ccc2ncc(C(=O)NC3C4CCCC3CC(N)C4)c(=O)n2c1. The third-order valence-electron chi connectivity index (χ3n) is 5.77. The zero-order valence-corrected chi connectivity index (χ0v) is 14.4. The number of fused-ring (bicyclic) bond motifs is 3. The molecular weight excluding hydrogens is 316 g/mol. The number of nitrogens with two attached hydrogens (primary N) is 1. The minimum atomic E-state index is -0.316. The van der Waals surface area contributed by atoms with Crippen LogP contribution in [0.5, 0.6) is 0 Å². The molecule has 2 bridgehead atoms. The summed E-state index contributed by atoms with van der Waals surface area (Å²) in [6.07, 6.45) is 8.42. The average molecular weight is 340 g/mol. The van der Waals surface area contributed by atoms with Crippen LogP contribution >= 0.6 is 0 Å². The van der Waals surface area contributed by atoms with Gasteiger partial charge in [0.25, 0.3) is 11.5 Å². The van der Waals surface area contributed by atoms with Crippen LogP contribution in [0.4, 0.5) is 0 Å². The molecule has 2 atom stereocenters. The largest absolute Gasteiger partial charge is 0.349 e. The van der Waals surface area contributed by atoms with Crippen molar-refractivity contribution in [1.29, 1.82) is 0 Å². The molecule has 4 rings (SSSR count). The highest BCUT2D eigenvalue weighted by Gasteiger charge is 2.40. The van der Waals surface area contributed by atoms with Gasteiger partial charge in [-0.05, 0) is 56.1 Å². The number of aryl methyl sites for hydroxylation is 1. The number of carbonyl (C=O) groups is 1. The first-order valence-electron chi connectivity index (χ1n) is 9.07. The Morgan fingerprint density at radius 3 is 2.72 bits per heavy atom. The number of pyridine rings is 1. The molecule has 1 amide bonds. The highest BCUT2D eigenvalue weighted by Crippen LogP contribution is 2.39. The second-order valence-electron chi connectivity index (χ2n) is 7.59. The summed E-state index contributed by atoms with van der Waals surface area (Å²) >= 11 is 0. The molecule has 0 spiro atoms. The zero-order valence-electron chi connectivity index (χ0n) is 14.4. The smallest absolute Gasteiger partial charge is 0.270 e. The van der Waals surface area contributed by atoms with Crippen LogP contribution < -0.4 is 16.6 Å². The van der Waals surface area contributed by atoms with Crippen LogP contribution in [0.2, 0.25) is 0 Å². The molecule has 2 heterocycles. The summed E-state index contributed by atoms with van der Waals surface area (Å²) in [5.74, 6) is 0.528. The van der Waals surface area contributed by atoms with Crippen LogP contribution in [0.1, 0.15) is 48.0 Å². The van der Waals surface area contributed by atoms with Gasteiger partial charge in [0.05, 0.1) is 0 Å². The lowest BCUT2D eigenvalue weighted by Crippen LogP contribution is -2.54. The van der Waals surface area contributed by atoms with Gasteiger partial charge in [0.15, 0.2) is 0 Å². The number of hydrogen-bond acceptors (Lipinski definition) is 4. The first kappa shape index (κ1) is 16.3. The van der Waals surface area contributed by atoms with Crippen LogP contribution in [-0.2, 0) is 0 Å². The van der Waals surface area contributed by atoms with E-state index in [2.05, 4.69) is 10.3 Å². The summed E-state index contributed by atoms with van der Waals surface area (Å²) in [7, 11) is 0. The van der Waals surface area contributed by atoms with Gasteiger partial charge < -0.3 is 11.1 Å². The van der Waals surface area contributed by atoms with Crippen molar-refractivity contribution in [3.63, 3.8) is 0 Å². The number of carbonyl (C=O) groups excluding carboxylic acids is 1. The Labute approximate surface area is 146 Å². The third-order valence-corrected chi connectivity index (χ3v) is 5.77. The monoisotopic (exact) mass is 340 g/mol. The molecule has 3 N–H and O–H groups in total. The minimum absolute atomic E-state index is 0.107. The lowest BCUT2D eigenvalue weighted by atomic mass is 9.67. The molecular formula is C19H24N4O2. The quantitative estimate of drug-likeness (QED) is 0.870. The summed E-state index contributed by atoms with van der Waals surface area (Å²) in [5.41, 5.74) is 7.44. The molecule has 2 saturated carbocycles. The van der Waals surface area contributed by atoms with Gasteiger partial charge in [0.2, 0.25) is 0 Å². The Morgan fingerprint density at radius 2 is 2.00 bits per heavy atom. The van der Waals surface area contributed by atoms with E-state index >= 15 is 0 Å². The Balaban J connectivity index is 1.62. The summed E-state index contributed by atoms with van der Waals surface area (Å²) < 4.78 is 1.45. The summed E-state index contributed by atoms with van der Waals surface area (Å²) in [6, 6.07) is 4.04. The van der Waals surface area contributed by atoms with E-state index in [1.54, 1.807) is 12.3 Å². The van der Waals surface area contributed by atoms with Gasteiger partial charge in [-0.1, -0.05) is 12.5 Å². The molecule has 2 aliphatic rings. The van der Waals surface area contributed by atoms with Gasteiger partial charge in [-0.3, -0.25) is 14.0 Å². The first-order valence-corrected chi connectivity index (χ1v) is 9.07. The third kappa shape index (κ3) is 2.95. The van der Waals surface area contributed by atoms with Crippen molar-refractivity contribution in [2.24, 2.45) is 17.6 Å². The van der Waals surface area contributed by atoms with Crippen LogP contribution in [0, 0.1) is 18.8 Å². The molecule has 25 heavy (non-hydrogen) atoms. The Hall–Kier alpha value is -2.21. The van der Waals surface area contributed by atoms with Gasteiger partial charge >= 0.3 is 0 Å². The molecule has 2 fully saturated rings. The zero-order chi connectivity index (χ0) is 17.6. The van der Waals surface area contributed by atoms with E-state index in [0.717, 1.165) is 31.2 Å². The van der Waals surface area contributed by atoms with Gasteiger partial charge in [-0.2, -0.15) is 0 Å². The maximum absolute atomic E-state index is 12.8. The topological polar surface area (TPSA) is 89.5 Å². The van der Waals surface area contributed by atoms with Crippen molar-refractivity contribution in [2.75, 3.05) is 0 Å². The standard InChI is InChI=1S/C19H24N4O2/c1-11-5-6-16-21-9-15(19(25)23(16)10-11)18(24)22-17-12-3-2-4-13(17)8-14(20)7-12/h5-6,9-10,12-14,17H,2-4,7-8,20H2,1H3,(H,22,24). The van der Waals surface area contributed by atoms with Crippen molar-refractivity contribution in [3.05, 3.63) is 46.0 Å². The molecule has 2 aromatic heterocycles. The van der Waals surface area contributed by atoms with Crippen molar-refractivity contribution in [3.8, 4) is 0 Å². The first-order chi connectivity index (χ1) is 12.0. The number of rotatable bonds is 2. The molecule has 2 unspecified atom stereocenters. The average Bonchev–Trinajstić information content (AvgIpc) is 2.56. The Morgan fingerprint density at radius 1 is 1.28 bits per heavy atom. The van der Waals surface area contributed by atoms with E-state index in [-0.39, 0.29) is 29.1 Å². The van der Waals surface area contributed by atoms with Gasteiger partial charge in [0, 0.05) is 24.5 Å². The molecule has 0 aromatic carbocycles. The maximum Gasteiger partial charge on any atom is 0.270 e. The number of nitrogens with one attached hydrogen (secondary N) is 1. The van der Waals surface area contributed by atoms with Crippen LogP contribution in [0.3, 0.4) is 0 Å². The van der Waals surface area contributed by atoms with Crippen molar-refractivity contribution in [2.45, 2.75) is 51.1 Å². The fourth-order valence-electron chi connectivity index (χ4n) is 4.59. The minimum Gasteiger partial charge on any atom is -0.349 e. The summed E-state index contributed by atoms with van der Waals surface area (Å²) in [6.45, 7) is 1.91. The maximum atomic E-state index is 12.8. The van der Waals surface area contributed by atoms with Crippen molar-refractivity contribution in [1.82, 2.24) is 14.7 Å². The van der Waals surface area contributed by atoms with E-state index in [9.17, 15) is 9.59 Å². The highest BCUT2D eigenvalue weighted by molar-refractivity contribution is 5.94. The second kappa shape index (κ2) is 6.26. The predicted molar refractivity (Wildman–Crippen MR) is 95.5 cm³/mol. The normalized spacial score (nSPS) is 28.7. The molecule has 6 nitrogen and oxygen atoms in total. The van der Waals surface area contributed by atoms with Crippen LogP contribution in [0.15, 0.2) is 29.3 Å². The highest BCUT2D eigenvalue weighted by atomic mass is 16.2. The molecule has 2 aliphatic carbocycles.